The summed E-state index contributed by atoms with van der Waals surface area (Å²) in [5.74, 6) is 0.264. The summed E-state index contributed by atoms with van der Waals surface area (Å²) in [5, 5.41) is 9.08. The SMILES string of the molecule is CCC1(CNS(=O)(=O)N2CCC(CO)CC2)CCC1. The van der Waals surface area contributed by atoms with Gasteiger partial charge in [-0.15, -0.1) is 0 Å². The van der Waals surface area contributed by atoms with Crippen LogP contribution in [0.1, 0.15) is 45.4 Å². The molecule has 1 aliphatic carbocycles. The molecule has 19 heavy (non-hydrogen) atoms. The second kappa shape index (κ2) is 6.08. The molecule has 1 heterocycles. The van der Waals surface area contributed by atoms with Gasteiger partial charge in [0.1, 0.15) is 0 Å². The smallest absolute Gasteiger partial charge is 0.279 e. The van der Waals surface area contributed by atoms with Gasteiger partial charge in [0.25, 0.3) is 10.2 Å². The first-order chi connectivity index (χ1) is 9.01. The Hall–Kier alpha value is -0.170. The number of nitrogens with one attached hydrogen (secondary N) is 1. The summed E-state index contributed by atoms with van der Waals surface area (Å²) in [6.45, 7) is 3.94. The lowest BCUT2D eigenvalue weighted by Gasteiger charge is -2.42. The minimum atomic E-state index is -3.33. The summed E-state index contributed by atoms with van der Waals surface area (Å²) in [7, 11) is -3.33. The summed E-state index contributed by atoms with van der Waals surface area (Å²) in [6.07, 6.45) is 6.06. The van der Waals surface area contributed by atoms with E-state index in [0.717, 1.165) is 32.1 Å². The van der Waals surface area contributed by atoms with Gasteiger partial charge >= 0.3 is 0 Å². The van der Waals surface area contributed by atoms with Crippen molar-refractivity contribution in [1.29, 1.82) is 0 Å². The van der Waals surface area contributed by atoms with Crippen LogP contribution in [0.4, 0.5) is 0 Å². The average molecular weight is 290 g/mol. The molecule has 0 aromatic heterocycles. The highest BCUT2D eigenvalue weighted by Crippen LogP contribution is 2.43. The van der Waals surface area contributed by atoms with Gasteiger partial charge in [-0.1, -0.05) is 13.3 Å². The number of rotatable bonds is 6. The van der Waals surface area contributed by atoms with Crippen LogP contribution >= 0.6 is 0 Å². The third kappa shape index (κ3) is 3.48. The van der Waals surface area contributed by atoms with E-state index >= 15 is 0 Å². The van der Waals surface area contributed by atoms with Crippen molar-refractivity contribution in [1.82, 2.24) is 9.03 Å². The molecule has 2 N–H and O–H groups in total. The standard InChI is InChI=1S/C13H26N2O3S/c1-2-13(6-3-7-13)11-14-19(17,18)15-8-4-12(10-16)5-9-15/h12,14,16H,2-11H2,1H3. The first-order valence-corrected chi connectivity index (χ1v) is 8.81. The number of nitrogens with zero attached hydrogens (tertiary/aromatic N) is 1. The topological polar surface area (TPSA) is 69.6 Å². The van der Waals surface area contributed by atoms with Crippen LogP contribution in [0.2, 0.25) is 0 Å². The Morgan fingerprint density at radius 2 is 1.95 bits per heavy atom. The number of aliphatic hydroxyl groups excluding tert-OH is 1. The van der Waals surface area contributed by atoms with E-state index in [9.17, 15) is 8.42 Å². The number of hydrogen-bond acceptors (Lipinski definition) is 3. The second-order valence-electron chi connectivity index (χ2n) is 6.06. The van der Waals surface area contributed by atoms with E-state index in [1.807, 2.05) is 0 Å². The zero-order valence-electron chi connectivity index (χ0n) is 11.8. The summed E-state index contributed by atoms with van der Waals surface area (Å²) >= 11 is 0. The van der Waals surface area contributed by atoms with E-state index in [1.54, 1.807) is 0 Å². The highest BCUT2D eigenvalue weighted by molar-refractivity contribution is 7.87. The molecule has 0 radical (unpaired) electrons. The van der Waals surface area contributed by atoms with Gasteiger partial charge in [-0.3, -0.25) is 0 Å². The first kappa shape index (κ1) is 15.2. The van der Waals surface area contributed by atoms with E-state index in [2.05, 4.69) is 11.6 Å². The van der Waals surface area contributed by atoms with Crippen LogP contribution in [0.15, 0.2) is 0 Å². The van der Waals surface area contributed by atoms with Gasteiger partial charge in [-0.05, 0) is 43.4 Å². The molecule has 0 spiro atoms. The Labute approximate surface area is 116 Å². The van der Waals surface area contributed by atoms with E-state index < -0.39 is 10.2 Å². The molecule has 6 heteroatoms. The van der Waals surface area contributed by atoms with Crippen molar-refractivity contribution in [2.45, 2.75) is 45.4 Å². The van der Waals surface area contributed by atoms with Crippen LogP contribution in [0, 0.1) is 11.3 Å². The van der Waals surface area contributed by atoms with Crippen molar-refractivity contribution in [3.63, 3.8) is 0 Å². The third-order valence-corrected chi connectivity index (χ3v) is 6.52. The molecular weight excluding hydrogens is 264 g/mol. The summed E-state index contributed by atoms with van der Waals surface area (Å²) in [4.78, 5) is 0. The maximum atomic E-state index is 12.2. The normalized spacial score (nSPS) is 25.2. The highest BCUT2D eigenvalue weighted by Gasteiger charge is 2.37. The minimum Gasteiger partial charge on any atom is -0.396 e. The van der Waals surface area contributed by atoms with Gasteiger partial charge in [-0.2, -0.15) is 12.7 Å². The van der Waals surface area contributed by atoms with Crippen molar-refractivity contribution < 1.29 is 13.5 Å². The molecule has 0 atom stereocenters. The van der Waals surface area contributed by atoms with E-state index in [4.69, 9.17) is 5.11 Å². The zero-order chi connectivity index (χ0) is 13.9. The average Bonchev–Trinajstić information content (AvgIpc) is 2.38. The summed E-state index contributed by atoms with van der Waals surface area (Å²) in [6, 6.07) is 0. The first-order valence-electron chi connectivity index (χ1n) is 7.37. The Kier molecular flexibility index (Phi) is 4.87. The van der Waals surface area contributed by atoms with Crippen LogP contribution in [-0.2, 0) is 10.2 Å². The van der Waals surface area contributed by atoms with Crippen molar-refractivity contribution in [3.8, 4) is 0 Å². The molecular formula is C13H26N2O3S. The lowest BCUT2D eigenvalue weighted by molar-refractivity contribution is 0.130. The number of piperidine rings is 1. The van der Waals surface area contributed by atoms with Crippen LogP contribution in [0.5, 0.6) is 0 Å². The Morgan fingerprint density at radius 1 is 1.32 bits per heavy atom. The fourth-order valence-corrected chi connectivity index (χ4v) is 4.36. The Balaban J connectivity index is 1.85. The molecule has 0 aromatic carbocycles. The number of hydrogen-bond donors (Lipinski definition) is 2. The van der Waals surface area contributed by atoms with Crippen LogP contribution in [0.3, 0.4) is 0 Å². The molecule has 1 saturated carbocycles. The fourth-order valence-electron chi connectivity index (χ4n) is 3.00. The fraction of sp³-hybridized carbons (Fsp3) is 1.00. The van der Waals surface area contributed by atoms with Crippen molar-refractivity contribution in [2.24, 2.45) is 11.3 Å². The zero-order valence-corrected chi connectivity index (χ0v) is 12.6. The van der Waals surface area contributed by atoms with Gasteiger partial charge in [0, 0.05) is 26.2 Å². The molecule has 0 aromatic rings. The minimum absolute atomic E-state index is 0.167. The quantitative estimate of drug-likeness (QED) is 0.770. The second-order valence-corrected chi connectivity index (χ2v) is 7.81. The Morgan fingerprint density at radius 3 is 2.37 bits per heavy atom. The van der Waals surface area contributed by atoms with Crippen LogP contribution in [0.25, 0.3) is 0 Å². The van der Waals surface area contributed by atoms with E-state index in [1.165, 1.54) is 10.7 Å². The monoisotopic (exact) mass is 290 g/mol. The predicted octanol–water partition coefficient (Wildman–Crippen LogP) is 1.11. The third-order valence-electron chi connectivity index (χ3n) is 4.97. The summed E-state index contributed by atoms with van der Waals surface area (Å²) < 4.78 is 28.8. The molecule has 112 valence electrons. The molecule has 5 nitrogen and oxygen atoms in total. The van der Waals surface area contributed by atoms with Crippen LogP contribution < -0.4 is 4.72 Å². The van der Waals surface area contributed by atoms with Gasteiger partial charge < -0.3 is 5.11 Å². The summed E-state index contributed by atoms with van der Waals surface area (Å²) in [5.41, 5.74) is 0.205. The van der Waals surface area contributed by atoms with Gasteiger partial charge in [0.2, 0.25) is 0 Å². The molecule has 2 rings (SSSR count). The molecule has 1 aliphatic heterocycles. The van der Waals surface area contributed by atoms with Crippen molar-refractivity contribution in [2.75, 3.05) is 26.2 Å². The van der Waals surface area contributed by atoms with Gasteiger partial charge in [0.15, 0.2) is 0 Å². The Bertz CT molecular complexity index is 379. The number of aliphatic hydroxyl groups is 1. The molecule has 0 unspecified atom stereocenters. The highest BCUT2D eigenvalue weighted by atomic mass is 32.2. The lowest BCUT2D eigenvalue weighted by Crippen LogP contribution is -2.49. The maximum Gasteiger partial charge on any atom is 0.279 e. The van der Waals surface area contributed by atoms with Gasteiger partial charge in [-0.25, -0.2) is 4.72 Å². The molecule has 1 saturated heterocycles. The maximum absolute atomic E-state index is 12.2. The molecule has 0 bridgehead atoms. The molecule has 2 aliphatic rings. The van der Waals surface area contributed by atoms with Crippen molar-refractivity contribution >= 4 is 10.2 Å². The molecule has 2 fully saturated rings. The van der Waals surface area contributed by atoms with Crippen molar-refractivity contribution in [3.05, 3.63) is 0 Å². The van der Waals surface area contributed by atoms with E-state index in [-0.39, 0.29) is 17.9 Å². The predicted molar refractivity (Wildman–Crippen MR) is 74.9 cm³/mol. The largest absolute Gasteiger partial charge is 0.396 e. The van der Waals surface area contributed by atoms with Crippen LogP contribution in [-0.4, -0.2) is 44.1 Å². The van der Waals surface area contributed by atoms with E-state index in [0.29, 0.717) is 19.6 Å². The lowest BCUT2D eigenvalue weighted by atomic mass is 9.67. The molecule has 0 amide bonds. The van der Waals surface area contributed by atoms with Gasteiger partial charge in [0.05, 0.1) is 0 Å².